The van der Waals surface area contributed by atoms with Gasteiger partial charge >= 0.3 is 0 Å². The maximum absolute atomic E-state index is 12.1. The molecular formula is C10H16N4O2. The fourth-order valence-electron chi connectivity index (χ4n) is 1.97. The molecule has 1 saturated heterocycles. The number of aromatic nitrogens is 2. The molecule has 2 atom stereocenters. The van der Waals surface area contributed by atoms with Crippen molar-refractivity contribution in [2.24, 2.45) is 0 Å². The highest BCUT2D eigenvalue weighted by molar-refractivity contribution is 5.97. The van der Waals surface area contributed by atoms with Crippen LogP contribution >= 0.6 is 0 Å². The maximum atomic E-state index is 12.1. The molecular weight excluding hydrogens is 208 g/mol. The Hall–Kier alpha value is -1.56. The van der Waals surface area contributed by atoms with Crippen molar-refractivity contribution in [3.05, 3.63) is 11.9 Å². The van der Waals surface area contributed by atoms with E-state index in [0.717, 1.165) is 0 Å². The van der Waals surface area contributed by atoms with E-state index < -0.39 is 0 Å². The second-order valence-electron chi connectivity index (χ2n) is 4.17. The lowest BCUT2D eigenvalue weighted by Crippen LogP contribution is -2.48. The summed E-state index contributed by atoms with van der Waals surface area (Å²) in [4.78, 5) is 13.8. The Balaban J connectivity index is 2.13. The average molecular weight is 224 g/mol. The van der Waals surface area contributed by atoms with Gasteiger partial charge in [0.05, 0.1) is 24.1 Å². The van der Waals surface area contributed by atoms with Crippen LogP contribution in [0.4, 0.5) is 5.69 Å². The van der Waals surface area contributed by atoms with Gasteiger partial charge in [0, 0.05) is 13.1 Å². The molecule has 2 unspecified atom stereocenters. The number of amides is 1. The molecule has 0 radical (unpaired) electrons. The van der Waals surface area contributed by atoms with Crippen LogP contribution in [0, 0.1) is 0 Å². The highest BCUT2D eigenvalue weighted by atomic mass is 16.5. The third-order valence-corrected chi connectivity index (χ3v) is 2.59. The molecule has 6 nitrogen and oxygen atoms in total. The lowest BCUT2D eigenvalue weighted by atomic mass is 10.2. The molecule has 2 heterocycles. The van der Waals surface area contributed by atoms with Crippen molar-refractivity contribution < 1.29 is 9.53 Å². The smallest absolute Gasteiger partial charge is 0.274 e. The summed E-state index contributed by atoms with van der Waals surface area (Å²) >= 11 is 0. The number of H-pyrrole nitrogens is 1. The molecule has 0 saturated carbocycles. The van der Waals surface area contributed by atoms with Crippen LogP contribution in [0.15, 0.2) is 6.20 Å². The Bertz CT molecular complexity index is 380. The van der Waals surface area contributed by atoms with Crippen molar-refractivity contribution in [1.29, 1.82) is 0 Å². The quantitative estimate of drug-likeness (QED) is 0.715. The van der Waals surface area contributed by atoms with Gasteiger partial charge in [-0.25, -0.2) is 0 Å². The van der Waals surface area contributed by atoms with E-state index in [9.17, 15) is 4.79 Å². The highest BCUT2D eigenvalue weighted by Crippen LogP contribution is 2.15. The number of anilines is 1. The molecule has 16 heavy (non-hydrogen) atoms. The number of carbonyl (C=O) groups is 1. The van der Waals surface area contributed by atoms with Crippen molar-refractivity contribution in [3.8, 4) is 0 Å². The van der Waals surface area contributed by atoms with E-state index in [0.29, 0.717) is 24.5 Å². The number of hydrogen-bond donors (Lipinski definition) is 2. The number of aromatic amines is 1. The molecule has 1 aliphatic rings. The van der Waals surface area contributed by atoms with Gasteiger partial charge in [-0.1, -0.05) is 0 Å². The van der Waals surface area contributed by atoms with Crippen LogP contribution in [0.5, 0.6) is 0 Å². The predicted octanol–water partition coefficient (Wildman–Crippen LogP) is 0.241. The van der Waals surface area contributed by atoms with Crippen LogP contribution < -0.4 is 5.73 Å². The number of nitrogens with one attached hydrogen (secondary N) is 1. The average Bonchev–Trinajstić information content (AvgIpc) is 2.62. The molecule has 0 bridgehead atoms. The Morgan fingerprint density at radius 1 is 1.56 bits per heavy atom. The number of ether oxygens (including phenoxy) is 1. The first kappa shape index (κ1) is 10.9. The van der Waals surface area contributed by atoms with Crippen molar-refractivity contribution in [3.63, 3.8) is 0 Å². The van der Waals surface area contributed by atoms with Gasteiger partial charge < -0.3 is 15.4 Å². The fraction of sp³-hybridized carbons (Fsp3) is 0.600. The van der Waals surface area contributed by atoms with Crippen LogP contribution in [0.3, 0.4) is 0 Å². The molecule has 88 valence electrons. The topological polar surface area (TPSA) is 84.2 Å². The van der Waals surface area contributed by atoms with E-state index in [1.54, 1.807) is 4.90 Å². The molecule has 2 rings (SSSR count). The van der Waals surface area contributed by atoms with Crippen molar-refractivity contribution in [2.45, 2.75) is 26.1 Å². The van der Waals surface area contributed by atoms with Gasteiger partial charge in [-0.05, 0) is 13.8 Å². The first-order valence-electron chi connectivity index (χ1n) is 5.31. The van der Waals surface area contributed by atoms with Gasteiger partial charge in [0.1, 0.15) is 5.69 Å². The number of morpholine rings is 1. The molecule has 1 aromatic rings. The van der Waals surface area contributed by atoms with Crippen molar-refractivity contribution >= 4 is 11.6 Å². The van der Waals surface area contributed by atoms with E-state index >= 15 is 0 Å². The Labute approximate surface area is 93.8 Å². The summed E-state index contributed by atoms with van der Waals surface area (Å²) < 4.78 is 5.56. The SMILES string of the molecule is CC1CN(C(=O)c2[nH]ncc2N)CC(C)O1. The molecule has 1 aliphatic heterocycles. The number of rotatable bonds is 1. The van der Waals surface area contributed by atoms with E-state index in [1.165, 1.54) is 6.20 Å². The summed E-state index contributed by atoms with van der Waals surface area (Å²) in [7, 11) is 0. The summed E-state index contributed by atoms with van der Waals surface area (Å²) in [5.74, 6) is -0.114. The highest BCUT2D eigenvalue weighted by Gasteiger charge is 2.28. The van der Waals surface area contributed by atoms with Gasteiger partial charge in [0.2, 0.25) is 0 Å². The first-order valence-corrected chi connectivity index (χ1v) is 5.31. The normalized spacial score (nSPS) is 25.8. The van der Waals surface area contributed by atoms with E-state index in [-0.39, 0.29) is 18.1 Å². The second-order valence-corrected chi connectivity index (χ2v) is 4.17. The van der Waals surface area contributed by atoms with Crippen molar-refractivity contribution in [1.82, 2.24) is 15.1 Å². The van der Waals surface area contributed by atoms with Crippen LogP contribution in [0.2, 0.25) is 0 Å². The van der Waals surface area contributed by atoms with Gasteiger partial charge in [-0.3, -0.25) is 9.89 Å². The van der Waals surface area contributed by atoms with E-state index in [1.807, 2.05) is 13.8 Å². The van der Waals surface area contributed by atoms with E-state index in [4.69, 9.17) is 10.5 Å². The largest absolute Gasteiger partial charge is 0.396 e. The predicted molar refractivity (Wildman–Crippen MR) is 58.9 cm³/mol. The maximum Gasteiger partial charge on any atom is 0.274 e. The molecule has 6 heteroatoms. The Kier molecular flexibility index (Phi) is 2.82. The standard InChI is InChI=1S/C10H16N4O2/c1-6-4-14(5-7(2)16-6)10(15)9-8(11)3-12-13-9/h3,6-7H,4-5,11H2,1-2H3,(H,12,13). The Morgan fingerprint density at radius 2 is 2.19 bits per heavy atom. The summed E-state index contributed by atoms with van der Waals surface area (Å²) in [6.07, 6.45) is 1.55. The molecule has 3 N–H and O–H groups in total. The molecule has 1 fully saturated rings. The minimum absolute atomic E-state index is 0.0526. The van der Waals surface area contributed by atoms with Crippen LogP contribution in [-0.2, 0) is 4.74 Å². The zero-order valence-electron chi connectivity index (χ0n) is 9.43. The summed E-state index contributed by atoms with van der Waals surface area (Å²) in [5.41, 5.74) is 6.39. The third-order valence-electron chi connectivity index (χ3n) is 2.59. The zero-order valence-corrected chi connectivity index (χ0v) is 9.43. The minimum Gasteiger partial charge on any atom is -0.396 e. The van der Waals surface area contributed by atoms with Crippen LogP contribution in [0.25, 0.3) is 0 Å². The first-order chi connectivity index (χ1) is 7.58. The number of nitrogen functional groups attached to an aromatic ring is 1. The lowest BCUT2D eigenvalue weighted by Gasteiger charge is -2.35. The molecule has 1 amide bonds. The van der Waals surface area contributed by atoms with E-state index in [2.05, 4.69) is 10.2 Å². The summed E-state index contributed by atoms with van der Waals surface area (Å²) in [6, 6.07) is 0. The van der Waals surface area contributed by atoms with Gasteiger partial charge in [0.25, 0.3) is 5.91 Å². The summed E-state index contributed by atoms with van der Waals surface area (Å²) in [6.45, 7) is 5.07. The van der Waals surface area contributed by atoms with Gasteiger partial charge in [-0.2, -0.15) is 5.10 Å². The number of carbonyl (C=O) groups excluding carboxylic acids is 1. The van der Waals surface area contributed by atoms with Crippen LogP contribution in [-0.4, -0.2) is 46.3 Å². The lowest BCUT2D eigenvalue weighted by molar-refractivity contribution is -0.0587. The fourth-order valence-corrected chi connectivity index (χ4v) is 1.97. The molecule has 0 spiro atoms. The third kappa shape index (κ3) is 2.01. The molecule has 1 aromatic heterocycles. The van der Waals surface area contributed by atoms with Gasteiger partial charge in [-0.15, -0.1) is 0 Å². The van der Waals surface area contributed by atoms with Crippen molar-refractivity contribution in [2.75, 3.05) is 18.8 Å². The number of nitrogens with zero attached hydrogens (tertiary/aromatic N) is 2. The number of hydrogen-bond acceptors (Lipinski definition) is 4. The van der Waals surface area contributed by atoms with Crippen LogP contribution in [0.1, 0.15) is 24.3 Å². The van der Waals surface area contributed by atoms with Gasteiger partial charge in [0.15, 0.2) is 0 Å². The number of nitrogens with two attached hydrogens (primary N) is 1. The summed E-state index contributed by atoms with van der Waals surface area (Å²) in [5, 5.41) is 6.37. The second kappa shape index (κ2) is 4.13. The monoisotopic (exact) mass is 224 g/mol. The Morgan fingerprint density at radius 3 is 2.69 bits per heavy atom. The minimum atomic E-state index is -0.114. The zero-order chi connectivity index (χ0) is 11.7. The molecule has 0 aliphatic carbocycles. The molecule has 0 aromatic carbocycles.